The normalized spacial score (nSPS) is 11.9. The quantitative estimate of drug-likeness (QED) is 0.178. The van der Waals surface area contributed by atoms with Gasteiger partial charge < -0.3 is 4.74 Å². The molecule has 0 radical (unpaired) electrons. The third kappa shape index (κ3) is 3.85. The second-order valence-corrected chi connectivity index (χ2v) is 12.3. The summed E-state index contributed by atoms with van der Waals surface area (Å²) >= 11 is 3.61. The maximum atomic E-state index is 6.34. The predicted octanol–water partition coefficient (Wildman–Crippen LogP) is 12.7. The molecule has 1 nitrogen and oxygen atoms in total. The van der Waals surface area contributed by atoms with Gasteiger partial charge in [0.1, 0.15) is 11.5 Å². The lowest BCUT2D eigenvalue weighted by Gasteiger charge is -2.22. The molecule has 0 fully saturated rings. The minimum absolute atomic E-state index is 0.912. The zero-order valence-corrected chi connectivity index (χ0v) is 25.3. The van der Waals surface area contributed by atoms with E-state index in [0.29, 0.717) is 0 Å². The number of hydrogen-bond donors (Lipinski definition) is 0. The first kappa shape index (κ1) is 25.3. The summed E-state index contributed by atoms with van der Waals surface area (Å²) < 4.78 is 7.43. The fraction of sp³-hybridized carbons (Fsp3) is 0. The molecule has 0 unspecified atom stereocenters. The van der Waals surface area contributed by atoms with Crippen molar-refractivity contribution >= 4 is 48.2 Å². The van der Waals surface area contributed by atoms with Crippen molar-refractivity contribution in [3.05, 3.63) is 156 Å². The first-order valence-corrected chi connectivity index (χ1v) is 15.7. The highest BCUT2D eigenvalue weighted by atomic mass is 79.9. The summed E-state index contributed by atoms with van der Waals surface area (Å²) in [5, 5.41) is 7.42. The van der Waals surface area contributed by atoms with E-state index in [4.69, 9.17) is 4.74 Å². The molecular weight excluding hydrogens is 600 g/mol. The van der Waals surface area contributed by atoms with Crippen LogP contribution in [0.15, 0.2) is 156 Å². The average molecular weight is 626 g/mol. The maximum absolute atomic E-state index is 6.34. The second kappa shape index (κ2) is 9.94. The van der Waals surface area contributed by atoms with E-state index in [9.17, 15) is 0 Å². The minimum atomic E-state index is 0.912. The van der Waals surface area contributed by atoms with E-state index in [1.807, 2.05) is 12.1 Å². The smallest absolute Gasteiger partial charge is 0.135 e. The highest BCUT2D eigenvalue weighted by Crippen LogP contribution is 2.49. The van der Waals surface area contributed by atoms with Gasteiger partial charge in [-0.3, -0.25) is 0 Å². The summed E-state index contributed by atoms with van der Waals surface area (Å²) in [5.74, 6) is 1.83. The van der Waals surface area contributed by atoms with Crippen molar-refractivity contribution in [1.29, 1.82) is 0 Å². The van der Waals surface area contributed by atoms with Crippen molar-refractivity contribution in [3.8, 4) is 56.0 Å². The Labute approximate surface area is 264 Å². The molecule has 0 atom stereocenters. The molecule has 8 aromatic rings. The molecule has 0 saturated carbocycles. The van der Waals surface area contributed by atoms with E-state index in [1.54, 1.807) is 0 Å². The fourth-order valence-corrected chi connectivity index (χ4v) is 7.28. The van der Waals surface area contributed by atoms with E-state index >= 15 is 0 Å². The lowest BCUT2D eigenvalue weighted by atomic mass is 9.85. The number of fused-ring (bicyclic) bond motifs is 4. The minimum Gasteiger partial charge on any atom is -0.456 e. The topological polar surface area (TPSA) is 9.23 Å². The highest BCUT2D eigenvalue weighted by molar-refractivity contribution is 9.10. The van der Waals surface area contributed by atoms with Crippen LogP contribution in [-0.2, 0) is 0 Å². The van der Waals surface area contributed by atoms with E-state index < -0.39 is 0 Å². The number of benzene rings is 8. The zero-order valence-electron chi connectivity index (χ0n) is 23.7. The van der Waals surface area contributed by atoms with Crippen LogP contribution in [0.1, 0.15) is 0 Å². The Morgan fingerprint density at radius 2 is 0.841 bits per heavy atom. The van der Waals surface area contributed by atoms with Crippen molar-refractivity contribution in [2.24, 2.45) is 0 Å². The van der Waals surface area contributed by atoms with Gasteiger partial charge in [-0.2, -0.15) is 0 Å². The van der Waals surface area contributed by atoms with Gasteiger partial charge in [0.2, 0.25) is 0 Å². The van der Waals surface area contributed by atoms with Crippen LogP contribution in [0.4, 0.5) is 0 Å². The van der Waals surface area contributed by atoms with Crippen LogP contribution in [-0.4, -0.2) is 0 Å². The monoisotopic (exact) mass is 624 g/mol. The van der Waals surface area contributed by atoms with Gasteiger partial charge in [-0.1, -0.05) is 143 Å². The van der Waals surface area contributed by atoms with E-state index in [2.05, 4.69) is 155 Å². The predicted molar refractivity (Wildman–Crippen MR) is 188 cm³/mol. The van der Waals surface area contributed by atoms with Gasteiger partial charge in [0.15, 0.2) is 0 Å². The Morgan fingerprint density at radius 3 is 1.48 bits per heavy atom. The maximum Gasteiger partial charge on any atom is 0.135 e. The number of para-hydroxylation sites is 1. The fourth-order valence-electron chi connectivity index (χ4n) is 7.02. The van der Waals surface area contributed by atoms with Crippen molar-refractivity contribution < 1.29 is 4.74 Å². The summed E-state index contributed by atoms with van der Waals surface area (Å²) in [7, 11) is 0. The van der Waals surface area contributed by atoms with E-state index in [1.165, 1.54) is 71.3 Å². The Balaban J connectivity index is 1.22. The van der Waals surface area contributed by atoms with Gasteiger partial charge in [0.05, 0.1) is 0 Å². The molecule has 1 aliphatic rings. The SMILES string of the molecule is Brc1ccc(-c2c3ccccc3c(-c3ccc(-c4ccc5c6c(cccc46)-c4ccccc4O5)cc3)c3ccccc23)cc1. The van der Waals surface area contributed by atoms with Crippen molar-refractivity contribution in [2.75, 3.05) is 0 Å². The first-order chi connectivity index (χ1) is 21.7. The molecule has 2 heteroatoms. The molecule has 0 bridgehead atoms. The third-order valence-electron chi connectivity index (χ3n) is 8.95. The first-order valence-electron chi connectivity index (χ1n) is 14.9. The number of halogens is 1. The molecule has 1 heterocycles. The summed E-state index contributed by atoms with van der Waals surface area (Å²) in [5.41, 5.74) is 9.74. The Morgan fingerprint density at radius 1 is 0.341 bits per heavy atom. The van der Waals surface area contributed by atoms with Gasteiger partial charge in [0.25, 0.3) is 0 Å². The zero-order chi connectivity index (χ0) is 29.2. The van der Waals surface area contributed by atoms with Gasteiger partial charge in [0, 0.05) is 15.4 Å². The standard InChI is InChI=1S/C42H25BrO/c43-29-22-20-28(21-23-29)41-36-11-3-1-9-34(36)40(35-10-2-4-12-37(35)41)27-18-16-26(17-19-27)30-24-25-39-42-32(30)13-7-14-33(42)31-8-5-6-15-38(31)44-39/h1-25H. The summed E-state index contributed by atoms with van der Waals surface area (Å²) in [6, 6.07) is 54.6. The Kier molecular flexibility index (Phi) is 5.72. The Bertz CT molecular complexity index is 2350. The van der Waals surface area contributed by atoms with Crippen molar-refractivity contribution in [1.82, 2.24) is 0 Å². The van der Waals surface area contributed by atoms with Gasteiger partial charge in [-0.15, -0.1) is 0 Å². The van der Waals surface area contributed by atoms with Crippen LogP contribution < -0.4 is 4.74 Å². The molecule has 0 aliphatic carbocycles. The Hall–Kier alpha value is -5.18. The molecular formula is C42H25BrO. The number of hydrogen-bond acceptors (Lipinski definition) is 1. The van der Waals surface area contributed by atoms with E-state index in [0.717, 1.165) is 21.5 Å². The number of ether oxygens (including phenoxy) is 1. The van der Waals surface area contributed by atoms with Crippen LogP contribution in [0, 0.1) is 0 Å². The summed E-state index contributed by atoms with van der Waals surface area (Å²) in [6.07, 6.45) is 0. The van der Waals surface area contributed by atoms with E-state index in [-0.39, 0.29) is 0 Å². The molecule has 0 amide bonds. The van der Waals surface area contributed by atoms with Gasteiger partial charge in [-0.05, 0) is 90.1 Å². The molecule has 44 heavy (non-hydrogen) atoms. The molecule has 8 aromatic carbocycles. The average Bonchev–Trinajstić information content (AvgIpc) is 3.08. The molecule has 9 rings (SSSR count). The van der Waals surface area contributed by atoms with Crippen LogP contribution in [0.2, 0.25) is 0 Å². The molecule has 0 saturated heterocycles. The van der Waals surface area contributed by atoms with Crippen LogP contribution in [0.5, 0.6) is 11.5 Å². The van der Waals surface area contributed by atoms with Crippen molar-refractivity contribution in [3.63, 3.8) is 0 Å². The molecule has 206 valence electrons. The second-order valence-electron chi connectivity index (χ2n) is 11.4. The van der Waals surface area contributed by atoms with Crippen LogP contribution >= 0.6 is 15.9 Å². The lowest BCUT2D eigenvalue weighted by molar-refractivity contribution is 0.487. The summed E-state index contributed by atoms with van der Waals surface area (Å²) in [4.78, 5) is 0. The van der Waals surface area contributed by atoms with Gasteiger partial charge in [-0.25, -0.2) is 0 Å². The van der Waals surface area contributed by atoms with Crippen molar-refractivity contribution in [2.45, 2.75) is 0 Å². The van der Waals surface area contributed by atoms with Crippen LogP contribution in [0.3, 0.4) is 0 Å². The molecule has 1 aliphatic heterocycles. The largest absolute Gasteiger partial charge is 0.456 e. The molecule has 0 spiro atoms. The van der Waals surface area contributed by atoms with Gasteiger partial charge >= 0.3 is 0 Å². The lowest BCUT2D eigenvalue weighted by Crippen LogP contribution is -1.97. The number of rotatable bonds is 3. The third-order valence-corrected chi connectivity index (χ3v) is 9.48. The molecule has 0 N–H and O–H groups in total. The summed E-state index contributed by atoms with van der Waals surface area (Å²) in [6.45, 7) is 0. The highest BCUT2D eigenvalue weighted by Gasteiger charge is 2.21. The van der Waals surface area contributed by atoms with Crippen LogP contribution in [0.25, 0.3) is 76.8 Å². The molecule has 0 aromatic heterocycles.